The Labute approximate surface area is 140 Å². The van der Waals surface area contributed by atoms with Crippen LogP contribution in [0.2, 0.25) is 0 Å². The van der Waals surface area contributed by atoms with Gasteiger partial charge in [-0.1, -0.05) is 39.3 Å². The lowest BCUT2D eigenvalue weighted by molar-refractivity contribution is 0.0873. The Morgan fingerprint density at radius 2 is 2.04 bits per heavy atom. The smallest absolute Gasteiger partial charge is 0.277 e. The minimum atomic E-state index is -0.873. The summed E-state index contributed by atoms with van der Waals surface area (Å²) in [6, 6.07) is 14.3. The van der Waals surface area contributed by atoms with E-state index in [1.165, 1.54) is 0 Å². The maximum Gasteiger partial charge on any atom is 0.277 e. The molecule has 1 heterocycles. The highest BCUT2D eigenvalue weighted by molar-refractivity contribution is 9.10. The Morgan fingerprint density at radius 3 is 2.87 bits per heavy atom. The fourth-order valence-corrected chi connectivity index (χ4v) is 2.52. The molecule has 118 valence electrons. The van der Waals surface area contributed by atoms with Crippen molar-refractivity contribution in [2.24, 2.45) is 0 Å². The summed E-state index contributed by atoms with van der Waals surface area (Å²) in [5, 5.41) is 18.4. The second-order valence-electron chi connectivity index (χ2n) is 5.02. The molecule has 0 amide bonds. The zero-order valence-electron chi connectivity index (χ0n) is 12.1. The molecule has 0 bridgehead atoms. The summed E-state index contributed by atoms with van der Waals surface area (Å²) >= 11 is 3.35. The number of aliphatic hydroxyl groups is 1. The van der Waals surface area contributed by atoms with E-state index in [4.69, 9.17) is 4.74 Å². The molecule has 3 aromatic rings. The van der Waals surface area contributed by atoms with E-state index in [2.05, 4.69) is 26.2 Å². The fourth-order valence-electron chi connectivity index (χ4n) is 2.14. The minimum Gasteiger partial charge on any atom is -0.491 e. The molecule has 7 heteroatoms. The SMILES string of the molecule is O=c1c2ccccc2nnn1C[C@@H](O)COc1cccc(Br)c1. The van der Waals surface area contributed by atoms with Crippen LogP contribution in [-0.4, -0.2) is 32.8 Å². The van der Waals surface area contributed by atoms with Gasteiger partial charge in [0.1, 0.15) is 24.0 Å². The van der Waals surface area contributed by atoms with Gasteiger partial charge in [-0.25, -0.2) is 4.68 Å². The number of aromatic nitrogens is 3. The zero-order valence-corrected chi connectivity index (χ0v) is 13.7. The molecule has 0 saturated heterocycles. The maximum atomic E-state index is 12.3. The summed E-state index contributed by atoms with van der Waals surface area (Å²) in [5.74, 6) is 0.635. The zero-order chi connectivity index (χ0) is 16.2. The van der Waals surface area contributed by atoms with Crippen molar-refractivity contribution in [3.63, 3.8) is 0 Å². The molecule has 0 spiro atoms. The standard InChI is InChI=1S/C16H14BrN3O3/c17-11-4-3-5-13(8-11)23-10-12(21)9-20-16(22)14-6-1-2-7-15(14)18-19-20/h1-8,12,21H,9-10H2/t12-/m1/s1. The van der Waals surface area contributed by atoms with E-state index in [1.54, 1.807) is 36.4 Å². The van der Waals surface area contributed by atoms with Crippen molar-refractivity contribution in [1.29, 1.82) is 0 Å². The number of hydrogen-bond acceptors (Lipinski definition) is 5. The van der Waals surface area contributed by atoms with Gasteiger partial charge in [-0.2, -0.15) is 0 Å². The van der Waals surface area contributed by atoms with Crippen molar-refractivity contribution in [1.82, 2.24) is 15.0 Å². The molecular formula is C16H14BrN3O3. The molecule has 2 aromatic carbocycles. The molecule has 1 aromatic heterocycles. The Bertz CT molecular complexity index is 882. The van der Waals surface area contributed by atoms with Gasteiger partial charge in [-0.3, -0.25) is 4.79 Å². The van der Waals surface area contributed by atoms with Gasteiger partial charge >= 0.3 is 0 Å². The Kier molecular flexibility index (Phi) is 4.68. The van der Waals surface area contributed by atoms with Crippen molar-refractivity contribution >= 4 is 26.8 Å². The van der Waals surface area contributed by atoms with E-state index in [0.29, 0.717) is 16.7 Å². The van der Waals surface area contributed by atoms with Crippen LogP contribution in [0.25, 0.3) is 10.9 Å². The number of hydrogen-bond donors (Lipinski definition) is 1. The largest absolute Gasteiger partial charge is 0.491 e. The van der Waals surface area contributed by atoms with E-state index < -0.39 is 6.10 Å². The normalized spacial score (nSPS) is 12.3. The number of aliphatic hydroxyl groups excluding tert-OH is 1. The molecule has 23 heavy (non-hydrogen) atoms. The highest BCUT2D eigenvalue weighted by Gasteiger charge is 2.11. The van der Waals surface area contributed by atoms with Crippen molar-refractivity contribution in [3.8, 4) is 5.75 Å². The topological polar surface area (TPSA) is 77.2 Å². The average Bonchev–Trinajstić information content (AvgIpc) is 2.56. The van der Waals surface area contributed by atoms with Crippen LogP contribution in [0.15, 0.2) is 57.8 Å². The van der Waals surface area contributed by atoms with Gasteiger partial charge in [0.25, 0.3) is 5.56 Å². The molecule has 0 aliphatic heterocycles. The number of nitrogens with zero attached hydrogens (tertiary/aromatic N) is 3. The Hall–Kier alpha value is -2.25. The number of fused-ring (bicyclic) bond motifs is 1. The third-order valence-corrected chi connectivity index (χ3v) is 3.74. The molecule has 0 aliphatic carbocycles. The molecule has 1 N–H and O–H groups in total. The van der Waals surface area contributed by atoms with Gasteiger partial charge in [0.05, 0.1) is 11.9 Å². The van der Waals surface area contributed by atoms with Crippen molar-refractivity contribution in [3.05, 3.63) is 63.4 Å². The van der Waals surface area contributed by atoms with E-state index >= 15 is 0 Å². The fraction of sp³-hybridized carbons (Fsp3) is 0.188. The first-order valence-corrected chi connectivity index (χ1v) is 7.82. The molecule has 0 aliphatic rings. The van der Waals surface area contributed by atoms with Crippen molar-refractivity contribution in [2.75, 3.05) is 6.61 Å². The Morgan fingerprint density at radius 1 is 1.22 bits per heavy atom. The molecule has 3 rings (SSSR count). The van der Waals surface area contributed by atoms with Crippen molar-refractivity contribution in [2.45, 2.75) is 12.6 Å². The lowest BCUT2D eigenvalue weighted by Gasteiger charge is -2.13. The van der Waals surface area contributed by atoms with Crippen molar-refractivity contribution < 1.29 is 9.84 Å². The van der Waals surface area contributed by atoms with E-state index in [9.17, 15) is 9.90 Å². The van der Waals surface area contributed by atoms with Gasteiger partial charge in [0.2, 0.25) is 0 Å². The highest BCUT2D eigenvalue weighted by Crippen LogP contribution is 2.17. The molecule has 1 atom stereocenters. The molecule has 6 nitrogen and oxygen atoms in total. The number of benzene rings is 2. The molecule has 0 fully saturated rings. The van der Waals surface area contributed by atoms with Crippen LogP contribution >= 0.6 is 15.9 Å². The van der Waals surface area contributed by atoms with Gasteiger partial charge in [0, 0.05) is 4.47 Å². The summed E-state index contributed by atoms with van der Waals surface area (Å²) in [6.45, 7) is 0.0715. The van der Waals surface area contributed by atoms with Gasteiger partial charge in [-0.15, -0.1) is 5.10 Å². The van der Waals surface area contributed by atoms with E-state index in [-0.39, 0.29) is 18.7 Å². The first-order valence-electron chi connectivity index (χ1n) is 7.02. The highest BCUT2D eigenvalue weighted by atomic mass is 79.9. The lowest BCUT2D eigenvalue weighted by Crippen LogP contribution is -2.32. The third-order valence-electron chi connectivity index (χ3n) is 3.25. The quantitative estimate of drug-likeness (QED) is 0.737. The van der Waals surface area contributed by atoms with Crippen LogP contribution in [0.5, 0.6) is 5.75 Å². The van der Waals surface area contributed by atoms with Gasteiger partial charge in [-0.05, 0) is 30.3 Å². The van der Waals surface area contributed by atoms with Crippen LogP contribution in [0.3, 0.4) is 0 Å². The van der Waals surface area contributed by atoms with E-state index in [0.717, 1.165) is 9.15 Å². The van der Waals surface area contributed by atoms with E-state index in [1.807, 2.05) is 12.1 Å². The predicted octanol–water partition coefficient (Wildman–Crippen LogP) is 1.99. The number of rotatable bonds is 5. The first kappa shape index (κ1) is 15.6. The minimum absolute atomic E-state index is 0.0185. The molecule has 0 saturated carbocycles. The first-order chi connectivity index (χ1) is 11.1. The van der Waals surface area contributed by atoms with Crippen LogP contribution in [-0.2, 0) is 6.54 Å². The predicted molar refractivity (Wildman–Crippen MR) is 89.4 cm³/mol. The maximum absolute atomic E-state index is 12.3. The van der Waals surface area contributed by atoms with Crippen LogP contribution in [0, 0.1) is 0 Å². The van der Waals surface area contributed by atoms with Crippen LogP contribution in [0.1, 0.15) is 0 Å². The lowest BCUT2D eigenvalue weighted by atomic mass is 10.2. The molecule has 0 radical (unpaired) electrons. The average molecular weight is 376 g/mol. The summed E-state index contributed by atoms with van der Waals surface area (Å²) in [4.78, 5) is 12.3. The summed E-state index contributed by atoms with van der Waals surface area (Å²) in [6.07, 6.45) is -0.873. The summed E-state index contributed by atoms with van der Waals surface area (Å²) in [7, 11) is 0. The molecular weight excluding hydrogens is 362 g/mol. The second kappa shape index (κ2) is 6.89. The van der Waals surface area contributed by atoms with Crippen LogP contribution < -0.4 is 10.3 Å². The van der Waals surface area contributed by atoms with Crippen LogP contribution in [0.4, 0.5) is 0 Å². The monoisotopic (exact) mass is 375 g/mol. The number of halogens is 1. The van der Waals surface area contributed by atoms with Gasteiger partial charge < -0.3 is 9.84 Å². The Balaban J connectivity index is 1.69. The molecule has 0 unspecified atom stereocenters. The second-order valence-corrected chi connectivity index (χ2v) is 5.93. The summed E-state index contributed by atoms with van der Waals surface area (Å²) in [5.41, 5.74) is 0.255. The number of ether oxygens (including phenoxy) is 1. The summed E-state index contributed by atoms with van der Waals surface area (Å²) < 4.78 is 7.54. The van der Waals surface area contributed by atoms with Gasteiger partial charge in [0.15, 0.2) is 0 Å². The third kappa shape index (κ3) is 3.75.